The third-order valence-electron chi connectivity index (χ3n) is 2.73. The number of benzene rings is 1. The third kappa shape index (κ3) is 3.60. The Labute approximate surface area is 119 Å². The van der Waals surface area contributed by atoms with Gasteiger partial charge in [0.05, 0.1) is 5.56 Å². The van der Waals surface area contributed by atoms with Gasteiger partial charge >= 0.3 is 11.9 Å². The first-order valence-electron chi connectivity index (χ1n) is 6.35. The van der Waals surface area contributed by atoms with Crippen molar-refractivity contribution in [3.63, 3.8) is 0 Å². The molecule has 0 atom stereocenters. The molecule has 2 N–H and O–H groups in total. The monoisotopic (exact) mass is 296 g/mol. The topological polar surface area (TPSA) is 83.8 Å². The molecule has 0 amide bonds. The standard InChI is InChI=1S/C14H20O5Si/c1-14(2,3)10-7-8(12(15)16)6-9(13(17)18)11(10)19-20(4)5/h6-7,20H,1-5H3,(H,15,16)(H,17,18). The summed E-state index contributed by atoms with van der Waals surface area (Å²) >= 11 is 0. The molecule has 6 heteroatoms. The fourth-order valence-corrected chi connectivity index (χ4v) is 2.56. The minimum Gasteiger partial charge on any atom is -0.546 e. The average molecular weight is 296 g/mol. The van der Waals surface area contributed by atoms with E-state index in [1.165, 1.54) is 6.07 Å². The number of aromatic carboxylic acids is 2. The summed E-state index contributed by atoms with van der Waals surface area (Å²) in [5.74, 6) is -2.02. The van der Waals surface area contributed by atoms with Crippen LogP contribution in [0.2, 0.25) is 13.1 Å². The number of hydrogen-bond donors (Lipinski definition) is 2. The highest BCUT2D eigenvalue weighted by molar-refractivity contribution is 6.49. The minimum atomic E-state index is -1.52. The molecule has 20 heavy (non-hydrogen) atoms. The third-order valence-corrected chi connectivity index (χ3v) is 3.43. The molecule has 0 saturated heterocycles. The molecule has 0 fully saturated rings. The van der Waals surface area contributed by atoms with Crippen molar-refractivity contribution in [1.29, 1.82) is 0 Å². The summed E-state index contributed by atoms with van der Waals surface area (Å²) in [6.07, 6.45) is 0. The Kier molecular flexibility index (Phi) is 4.60. The van der Waals surface area contributed by atoms with Crippen LogP contribution in [0.25, 0.3) is 0 Å². The molecule has 110 valence electrons. The summed E-state index contributed by atoms with van der Waals surface area (Å²) < 4.78 is 5.76. The molecule has 0 aliphatic heterocycles. The summed E-state index contributed by atoms with van der Waals surface area (Å²) in [5.41, 5.74) is 0.0750. The maximum atomic E-state index is 11.4. The van der Waals surface area contributed by atoms with Crippen LogP contribution in [-0.4, -0.2) is 31.2 Å². The van der Waals surface area contributed by atoms with E-state index in [9.17, 15) is 14.7 Å². The smallest absolute Gasteiger partial charge is 0.339 e. The zero-order chi connectivity index (χ0) is 15.7. The quantitative estimate of drug-likeness (QED) is 0.835. The van der Waals surface area contributed by atoms with E-state index in [4.69, 9.17) is 9.53 Å². The molecule has 1 aromatic rings. The number of carbonyl (C=O) groups is 2. The summed E-state index contributed by atoms with van der Waals surface area (Å²) in [5, 5.41) is 18.4. The summed E-state index contributed by atoms with van der Waals surface area (Å²) in [4.78, 5) is 22.6. The van der Waals surface area contributed by atoms with Gasteiger partial charge in [0.15, 0.2) is 0 Å². The maximum absolute atomic E-state index is 11.4. The second-order valence-electron chi connectivity index (χ2n) is 5.93. The van der Waals surface area contributed by atoms with Crippen molar-refractivity contribution in [3.05, 3.63) is 28.8 Å². The fraction of sp³-hybridized carbons (Fsp3) is 0.429. The lowest BCUT2D eigenvalue weighted by Crippen LogP contribution is -2.21. The fourth-order valence-electron chi connectivity index (χ4n) is 1.83. The van der Waals surface area contributed by atoms with Crippen molar-refractivity contribution >= 4 is 21.0 Å². The van der Waals surface area contributed by atoms with Crippen LogP contribution in [0.3, 0.4) is 0 Å². The first kappa shape index (κ1) is 16.2. The Morgan fingerprint density at radius 2 is 1.65 bits per heavy atom. The van der Waals surface area contributed by atoms with E-state index in [2.05, 4.69) is 0 Å². The SMILES string of the molecule is C[SiH](C)Oc1c(C(=O)O)cc(C(=O)O)cc1C(C)(C)C. The molecular formula is C14H20O5Si. The minimum absolute atomic E-state index is 0.0369. The van der Waals surface area contributed by atoms with Crippen LogP contribution < -0.4 is 4.43 Å². The van der Waals surface area contributed by atoms with Crippen LogP contribution in [0.15, 0.2) is 12.1 Å². The zero-order valence-electron chi connectivity index (χ0n) is 12.4. The van der Waals surface area contributed by atoms with Crippen molar-refractivity contribution in [2.24, 2.45) is 0 Å². The molecule has 0 aromatic heterocycles. The second-order valence-corrected chi connectivity index (χ2v) is 8.26. The number of rotatable bonds is 4. The molecule has 0 heterocycles. The normalized spacial score (nSPS) is 11.5. The Hall–Kier alpha value is -1.82. The van der Waals surface area contributed by atoms with Gasteiger partial charge in [-0.05, 0) is 36.2 Å². The predicted octanol–water partition coefficient (Wildman–Crippen LogP) is 2.74. The van der Waals surface area contributed by atoms with E-state index >= 15 is 0 Å². The summed E-state index contributed by atoms with van der Waals surface area (Å²) in [6, 6.07) is 2.66. The van der Waals surface area contributed by atoms with Crippen molar-refractivity contribution in [2.45, 2.75) is 39.3 Å². The first-order valence-corrected chi connectivity index (χ1v) is 9.14. The molecule has 1 rings (SSSR count). The molecule has 1 aromatic carbocycles. The van der Waals surface area contributed by atoms with Crippen LogP contribution in [0.5, 0.6) is 5.75 Å². The van der Waals surface area contributed by atoms with E-state index in [-0.39, 0.29) is 11.1 Å². The van der Waals surface area contributed by atoms with Gasteiger partial charge in [-0.1, -0.05) is 20.8 Å². The van der Waals surface area contributed by atoms with Gasteiger partial charge < -0.3 is 14.6 Å². The molecule has 0 aliphatic rings. The maximum Gasteiger partial charge on any atom is 0.339 e. The van der Waals surface area contributed by atoms with Gasteiger partial charge in [-0.25, -0.2) is 9.59 Å². The van der Waals surface area contributed by atoms with E-state index in [0.29, 0.717) is 11.3 Å². The molecule has 0 spiro atoms. The molecule has 0 saturated carbocycles. The van der Waals surface area contributed by atoms with Crippen LogP contribution in [-0.2, 0) is 5.41 Å². The highest BCUT2D eigenvalue weighted by Gasteiger charge is 2.27. The van der Waals surface area contributed by atoms with Gasteiger partial charge in [-0.2, -0.15) is 0 Å². The first-order chi connectivity index (χ1) is 9.04. The molecular weight excluding hydrogens is 276 g/mol. The Balaban J connectivity index is 3.67. The second kappa shape index (κ2) is 5.66. The van der Waals surface area contributed by atoms with E-state index in [1.54, 1.807) is 0 Å². The van der Waals surface area contributed by atoms with Gasteiger partial charge in [0.1, 0.15) is 11.3 Å². The van der Waals surface area contributed by atoms with Crippen LogP contribution in [0.1, 0.15) is 47.1 Å². The number of hydrogen-bond acceptors (Lipinski definition) is 3. The van der Waals surface area contributed by atoms with Crippen LogP contribution in [0, 0.1) is 0 Å². The van der Waals surface area contributed by atoms with Gasteiger partial charge in [0.2, 0.25) is 9.04 Å². The molecule has 0 radical (unpaired) electrons. The number of carboxylic acids is 2. The van der Waals surface area contributed by atoms with Crippen molar-refractivity contribution in [1.82, 2.24) is 0 Å². The zero-order valence-corrected chi connectivity index (χ0v) is 13.5. The highest BCUT2D eigenvalue weighted by Crippen LogP contribution is 2.36. The molecule has 0 unspecified atom stereocenters. The summed E-state index contributed by atoms with van der Waals surface area (Å²) in [6.45, 7) is 9.56. The van der Waals surface area contributed by atoms with Crippen molar-refractivity contribution < 1.29 is 24.2 Å². The van der Waals surface area contributed by atoms with E-state index < -0.39 is 26.4 Å². The Bertz CT molecular complexity index is 543. The number of carboxylic acid groups (broad SMARTS) is 2. The highest BCUT2D eigenvalue weighted by atomic mass is 28.3. The average Bonchev–Trinajstić information content (AvgIpc) is 2.25. The summed E-state index contributed by atoms with van der Waals surface area (Å²) in [7, 11) is -1.52. The van der Waals surface area contributed by atoms with Gasteiger partial charge in [-0.15, -0.1) is 0 Å². The molecule has 0 aliphatic carbocycles. The van der Waals surface area contributed by atoms with E-state index in [1.807, 2.05) is 33.9 Å². The predicted molar refractivity (Wildman–Crippen MR) is 78.6 cm³/mol. The van der Waals surface area contributed by atoms with Crippen molar-refractivity contribution in [3.8, 4) is 5.75 Å². The van der Waals surface area contributed by atoms with Crippen LogP contribution in [0.4, 0.5) is 0 Å². The van der Waals surface area contributed by atoms with Gasteiger partial charge in [0.25, 0.3) is 0 Å². The molecule has 5 nitrogen and oxygen atoms in total. The Morgan fingerprint density at radius 1 is 1.10 bits per heavy atom. The van der Waals surface area contributed by atoms with Gasteiger partial charge in [-0.3, -0.25) is 0 Å². The van der Waals surface area contributed by atoms with Crippen molar-refractivity contribution in [2.75, 3.05) is 0 Å². The lowest BCUT2D eigenvalue weighted by molar-refractivity contribution is 0.0694. The Morgan fingerprint density at radius 3 is 2.00 bits per heavy atom. The van der Waals surface area contributed by atoms with Gasteiger partial charge in [0, 0.05) is 0 Å². The van der Waals surface area contributed by atoms with E-state index in [0.717, 1.165) is 6.07 Å². The van der Waals surface area contributed by atoms with Crippen LogP contribution >= 0.6 is 0 Å². The lowest BCUT2D eigenvalue weighted by atomic mass is 9.84. The largest absolute Gasteiger partial charge is 0.546 e. The molecule has 0 bridgehead atoms. The lowest BCUT2D eigenvalue weighted by Gasteiger charge is -2.26.